The van der Waals surface area contributed by atoms with E-state index >= 15 is 0 Å². The number of nitrogens with one attached hydrogen (secondary N) is 1. The Hall–Kier alpha value is -0.820. The van der Waals surface area contributed by atoms with Crippen LogP contribution >= 0.6 is 0 Å². The Morgan fingerprint density at radius 3 is 2.58 bits per heavy atom. The molecule has 0 bridgehead atoms. The summed E-state index contributed by atoms with van der Waals surface area (Å²) in [7, 11) is 2.05. The summed E-state index contributed by atoms with van der Waals surface area (Å²) in [4.78, 5) is 0. The first kappa shape index (κ1) is 7.81. The minimum absolute atomic E-state index is 0.325. The molecular formula is C11H15N. The van der Waals surface area contributed by atoms with Gasteiger partial charge in [-0.15, -0.1) is 0 Å². The van der Waals surface area contributed by atoms with Crippen molar-refractivity contribution < 1.29 is 0 Å². The Morgan fingerprint density at radius 1 is 1.33 bits per heavy atom. The largest absolute Gasteiger partial charge is 0.310 e. The molecule has 1 N–H and O–H groups in total. The number of rotatable bonds is 2. The van der Waals surface area contributed by atoms with E-state index < -0.39 is 0 Å². The smallest absolute Gasteiger partial charge is 0.0433 e. The summed E-state index contributed by atoms with van der Waals surface area (Å²) < 4.78 is 0. The molecule has 0 atom stereocenters. The van der Waals surface area contributed by atoms with Crippen LogP contribution < -0.4 is 5.32 Å². The fraction of sp³-hybridized carbons (Fsp3) is 0.455. The van der Waals surface area contributed by atoms with Crippen LogP contribution in [0.25, 0.3) is 0 Å². The van der Waals surface area contributed by atoms with Gasteiger partial charge in [0.25, 0.3) is 0 Å². The predicted molar refractivity (Wildman–Crippen MR) is 51.2 cm³/mol. The average Bonchev–Trinajstić information content (AvgIpc) is 2.84. The Kier molecular flexibility index (Phi) is 1.69. The van der Waals surface area contributed by atoms with Crippen molar-refractivity contribution in [1.82, 2.24) is 5.32 Å². The minimum Gasteiger partial charge on any atom is -0.310 e. The first-order chi connectivity index (χ1) is 5.77. The number of benzene rings is 1. The van der Waals surface area contributed by atoms with Crippen molar-refractivity contribution in [3.63, 3.8) is 0 Å². The standard InChI is InChI=1S/C11H15N/c1-9-4-3-5-10(8-9)11(12-2)6-7-11/h3-5,8,12H,6-7H2,1-2H3. The zero-order valence-corrected chi connectivity index (χ0v) is 7.72. The van der Waals surface area contributed by atoms with Crippen LogP contribution in [0.1, 0.15) is 24.0 Å². The monoisotopic (exact) mass is 161 g/mol. The molecule has 1 saturated carbocycles. The summed E-state index contributed by atoms with van der Waals surface area (Å²) in [6, 6.07) is 8.79. The van der Waals surface area contributed by atoms with Gasteiger partial charge in [-0.3, -0.25) is 0 Å². The zero-order chi connectivity index (χ0) is 8.60. The topological polar surface area (TPSA) is 12.0 Å². The van der Waals surface area contributed by atoms with Crippen LogP contribution in [0.5, 0.6) is 0 Å². The second kappa shape index (κ2) is 2.60. The van der Waals surface area contributed by atoms with E-state index in [1.807, 2.05) is 0 Å². The lowest BCUT2D eigenvalue weighted by Gasteiger charge is -2.14. The van der Waals surface area contributed by atoms with Crippen molar-refractivity contribution in [3.8, 4) is 0 Å². The molecule has 1 aliphatic carbocycles. The van der Waals surface area contributed by atoms with Gasteiger partial charge >= 0.3 is 0 Å². The second-order valence-electron chi connectivity index (χ2n) is 3.70. The van der Waals surface area contributed by atoms with Gasteiger partial charge < -0.3 is 5.32 Å². The van der Waals surface area contributed by atoms with Crippen LogP contribution in [0.15, 0.2) is 24.3 Å². The van der Waals surface area contributed by atoms with E-state index in [0.29, 0.717) is 5.54 Å². The first-order valence-corrected chi connectivity index (χ1v) is 4.53. The molecule has 0 aliphatic heterocycles. The van der Waals surface area contributed by atoms with Gasteiger partial charge in [0.15, 0.2) is 0 Å². The summed E-state index contributed by atoms with van der Waals surface area (Å²) in [5, 5.41) is 3.40. The molecule has 0 radical (unpaired) electrons. The Bertz CT molecular complexity index is 287. The van der Waals surface area contributed by atoms with Gasteiger partial charge in [0.1, 0.15) is 0 Å². The van der Waals surface area contributed by atoms with Crippen molar-refractivity contribution in [2.75, 3.05) is 7.05 Å². The second-order valence-corrected chi connectivity index (χ2v) is 3.70. The Morgan fingerprint density at radius 2 is 2.08 bits per heavy atom. The molecule has 0 saturated heterocycles. The molecule has 0 heterocycles. The van der Waals surface area contributed by atoms with E-state index in [1.54, 1.807) is 0 Å². The van der Waals surface area contributed by atoms with Crippen molar-refractivity contribution in [2.24, 2.45) is 0 Å². The number of hydrogen-bond acceptors (Lipinski definition) is 1. The number of aryl methyl sites for hydroxylation is 1. The van der Waals surface area contributed by atoms with E-state index in [9.17, 15) is 0 Å². The first-order valence-electron chi connectivity index (χ1n) is 4.53. The molecule has 1 aromatic carbocycles. The molecule has 0 unspecified atom stereocenters. The van der Waals surface area contributed by atoms with Crippen LogP contribution in [0.3, 0.4) is 0 Å². The molecule has 1 heteroatoms. The van der Waals surface area contributed by atoms with Crippen LogP contribution in [0.4, 0.5) is 0 Å². The van der Waals surface area contributed by atoms with Gasteiger partial charge in [0.05, 0.1) is 0 Å². The molecule has 1 nitrogen and oxygen atoms in total. The van der Waals surface area contributed by atoms with E-state index in [1.165, 1.54) is 24.0 Å². The van der Waals surface area contributed by atoms with Crippen molar-refractivity contribution in [2.45, 2.75) is 25.3 Å². The highest BCUT2D eigenvalue weighted by molar-refractivity contribution is 5.33. The van der Waals surface area contributed by atoms with Gasteiger partial charge in [-0.2, -0.15) is 0 Å². The summed E-state index contributed by atoms with van der Waals surface area (Å²) in [6.07, 6.45) is 2.57. The average molecular weight is 161 g/mol. The normalized spacial score (nSPS) is 19.2. The summed E-state index contributed by atoms with van der Waals surface area (Å²) in [6.45, 7) is 2.15. The van der Waals surface area contributed by atoms with Gasteiger partial charge in [-0.05, 0) is 32.4 Å². The van der Waals surface area contributed by atoms with Gasteiger partial charge in [0, 0.05) is 5.54 Å². The summed E-state index contributed by atoms with van der Waals surface area (Å²) >= 11 is 0. The molecule has 1 aromatic rings. The fourth-order valence-corrected chi connectivity index (χ4v) is 1.75. The van der Waals surface area contributed by atoms with Gasteiger partial charge in [-0.25, -0.2) is 0 Å². The highest BCUT2D eigenvalue weighted by atomic mass is 15.0. The maximum Gasteiger partial charge on any atom is 0.0433 e. The Labute approximate surface area is 73.8 Å². The third-order valence-electron chi connectivity index (χ3n) is 2.80. The van der Waals surface area contributed by atoms with Gasteiger partial charge in [-0.1, -0.05) is 29.8 Å². The number of hydrogen-bond donors (Lipinski definition) is 1. The summed E-state index contributed by atoms with van der Waals surface area (Å²) in [5.74, 6) is 0. The highest BCUT2D eigenvalue weighted by Gasteiger charge is 2.42. The van der Waals surface area contributed by atoms with Crippen molar-refractivity contribution >= 4 is 0 Å². The molecule has 1 aliphatic rings. The third kappa shape index (κ3) is 1.14. The van der Waals surface area contributed by atoms with Crippen LogP contribution in [0.2, 0.25) is 0 Å². The maximum absolute atomic E-state index is 3.40. The zero-order valence-electron chi connectivity index (χ0n) is 7.72. The van der Waals surface area contributed by atoms with E-state index in [0.717, 1.165) is 0 Å². The van der Waals surface area contributed by atoms with Crippen LogP contribution in [0, 0.1) is 6.92 Å². The quantitative estimate of drug-likeness (QED) is 0.701. The maximum atomic E-state index is 3.40. The lowest BCUT2D eigenvalue weighted by molar-refractivity contribution is 0.585. The molecule has 0 spiro atoms. The lowest BCUT2D eigenvalue weighted by Crippen LogP contribution is -2.24. The Balaban J connectivity index is 2.34. The van der Waals surface area contributed by atoms with Crippen molar-refractivity contribution in [3.05, 3.63) is 35.4 Å². The lowest BCUT2D eigenvalue weighted by atomic mass is 10.0. The van der Waals surface area contributed by atoms with Crippen molar-refractivity contribution in [1.29, 1.82) is 0 Å². The van der Waals surface area contributed by atoms with Gasteiger partial charge in [0.2, 0.25) is 0 Å². The van der Waals surface area contributed by atoms with Crippen LogP contribution in [-0.2, 0) is 5.54 Å². The van der Waals surface area contributed by atoms with E-state index in [2.05, 4.69) is 43.6 Å². The molecule has 12 heavy (non-hydrogen) atoms. The van der Waals surface area contributed by atoms with Crippen LogP contribution in [-0.4, -0.2) is 7.05 Å². The summed E-state index contributed by atoms with van der Waals surface area (Å²) in [5.41, 5.74) is 3.13. The molecule has 0 aromatic heterocycles. The fourth-order valence-electron chi connectivity index (χ4n) is 1.75. The molecular weight excluding hydrogens is 146 g/mol. The third-order valence-corrected chi connectivity index (χ3v) is 2.80. The highest BCUT2D eigenvalue weighted by Crippen LogP contribution is 2.44. The van der Waals surface area contributed by atoms with E-state index in [4.69, 9.17) is 0 Å². The molecule has 1 fully saturated rings. The molecule has 2 rings (SSSR count). The van der Waals surface area contributed by atoms with E-state index in [-0.39, 0.29) is 0 Å². The molecule has 0 amide bonds. The predicted octanol–water partition coefficient (Wildman–Crippen LogP) is 2.20. The molecule has 64 valence electrons. The minimum atomic E-state index is 0.325. The SMILES string of the molecule is CNC1(c2cccc(C)c2)CC1.